The summed E-state index contributed by atoms with van der Waals surface area (Å²) in [4.78, 5) is 18.4. The van der Waals surface area contributed by atoms with Gasteiger partial charge in [-0.2, -0.15) is 4.98 Å². The van der Waals surface area contributed by atoms with Crippen molar-refractivity contribution in [3.05, 3.63) is 47.3 Å². The highest BCUT2D eigenvalue weighted by Crippen LogP contribution is 2.36. The average Bonchev–Trinajstić information content (AvgIpc) is 2.92. The summed E-state index contributed by atoms with van der Waals surface area (Å²) in [7, 11) is 1.62. The fourth-order valence-corrected chi connectivity index (χ4v) is 5.71. The lowest BCUT2D eigenvalue weighted by atomic mass is 9.94. The first kappa shape index (κ1) is 26.5. The average molecular weight is 527 g/mol. The molecular weight excluding hydrogens is 490 g/mol. The Morgan fingerprint density at radius 2 is 1.87 bits per heavy atom. The second kappa shape index (κ2) is 10.9. The van der Waals surface area contributed by atoms with E-state index >= 15 is 0 Å². The van der Waals surface area contributed by atoms with Crippen molar-refractivity contribution in [2.24, 2.45) is 0 Å². The van der Waals surface area contributed by atoms with Gasteiger partial charge in [-0.3, -0.25) is 4.90 Å². The van der Waals surface area contributed by atoms with E-state index in [-0.39, 0.29) is 11.6 Å². The van der Waals surface area contributed by atoms with Crippen LogP contribution < -0.4 is 15.0 Å². The fourth-order valence-electron chi connectivity index (χ4n) is 5.71. The SMILES string of the molecule is COc1nc2ncnc(N[C@H](C)c3cccc(C(C)(F)F)c3C)c2cc1N1CCN(C2CCOCC2)CC1. The smallest absolute Gasteiger partial charge is 0.270 e. The number of hydrogen-bond acceptors (Lipinski definition) is 8. The van der Waals surface area contributed by atoms with Gasteiger partial charge in [0.1, 0.15) is 17.8 Å². The number of halogens is 2. The van der Waals surface area contributed by atoms with Crippen LogP contribution in [0.2, 0.25) is 0 Å². The number of rotatable bonds is 7. The zero-order valence-corrected chi connectivity index (χ0v) is 22.5. The number of methoxy groups -OCH3 is 1. The maximum atomic E-state index is 14.1. The Morgan fingerprint density at radius 1 is 1.13 bits per heavy atom. The van der Waals surface area contributed by atoms with E-state index in [1.807, 2.05) is 19.1 Å². The molecule has 2 aliphatic rings. The van der Waals surface area contributed by atoms with Crippen LogP contribution in [-0.2, 0) is 10.7 Å². The van der Waals surface area contributed by atoms with Crippen molar-refractivity contribution in [3.63, 3.8) is 0 Å². The van der Waals surface area contributed by atoms with Gasteiger partial charge in [0.15, 0.2) is 5.65 Å². The number of nitrogens with one attached hydrogen (secondary N) is 1. The van der Waals surface area contributed by atoms with Gasteiger partial charge in [-0.1, -0.05) is 18.2 Å². The largest absolute Gasteiger partial charge is 0.479 e. The Balaban J connectivity index is 1.41. The third-order valence-electron chi connectivity index (χ3n) is 7.79. The van der Waals surface area contributed by atoms with Gasteiger partial charge in [0.05, 0.1) is 18.5 Å². The molecule has 2 saturated heterocycles. The van der Waals surface area contributed by atoms with E-state index in [1.54, 1.807) is 20.1 Å². The molecule has 2 fully saturated rings. The number of pyridine rings is 1. The third kappa shape index (κ3) is 5.37. The Bertz CT molecular complexity index is 1270. The van der Waals surface area contributed by atoms with Crippen molar-refractivity contribution < 1.29 is 18.3 Å². The first-order valence-corrected chi connectivity index (χ1v) is 13.3. The van der Waals surface area contributed by atoms with E-state index in [1.165, 1.54) is 12.4 Å². The summed E-state index contributed by atoms with van der Waals surface area (Å²) < 4.78 is 39.5. The van der Waals surface area contributed by atoms with Gasteiger partial charge in [-0.05, 0) is 43.9 Å². The van der Waals surface area contributed by atoms with Crippen LogP contribution >= 0.6 is 0 Å². The van der Waals surface area contributed by atoms with Gasteiger partial charge >= 0.3 is 0 Å². The lowest BCUT2D eigenvalue weighted by molar-refractivity contribution is 0.0167. The van der Waals surface area contributed by atoms with E-state index in [0.717, 1.165) is 75.8 Å². The number of benzene rings is 1. The normalized spacial score (nSPS) is 18.5. The lowest BCUT2D eigenvalue weighted by Gasteiger charge is -2.41. The molecule has 4 heterocycles. The van der Waals surface area contributed by atoms with Gasteiger partial charge < -0.3 is 19.7 Å². The molecule has 0 saturated carbocycles. The summed E-state index contributed by atoms with van der Waals surface area (Å²) in [5.41, 5.74) is 2.82. The number of alkyl halides is 2. The number of nitrogens with zero attached hydrogens (tertiary/aromatic N) is 5. The Morgan fingerprint density at radius 3 is 2.55 bits per heavy atom. The molecule has 5 rings (SSSR count). The standard InChI is InChI=1S/C28H36F2N6O2/c1-18-21(6-5-7-23(18)28(3,29)30)19(2)33-25-22-16-24(27(37-4)34-26(22)32-17-31-25)36-12-10-35(11-13-36)20-8-14-38-15-9-20/h5-7,16-17,19-20H,8-15H2,1-4H3,(H,31,32,33,34)/t19-/m1/s1. The van der Waals surface area contributed by atoms with Crippen LogP contribution in [0, 0.1) is 6.92 Å². The van der Waals surface area contributed by atoms with Crippen LogP contribution in [0.15, 0.2) is 30.6 Å². The van der Waals surface area contributed by atoms with Crippen LogP contribution in [0.3, 0.4) is 0 Å². The summed E-state index contributed by atoms with van der Waals surface area (Å²) in [5.74, 6) is -1.78. The van der Waals surface area contributed by atoms with Gasteiger partial charge in [0.2, 0.25) is 5.88 Å². The van der Waals surface area contributed by atoms with E-state index in [9.17, 15) is 8.78 Å². The third-order valence-corrected chi connectivity index (χ3v) is 7.79. The minimum Gasteiger partial charge on any atom is -0.479 e. The molecule has 0 spiro atoms. The molecule has 3 aromatic rings. The maximum absolute atomic E-state index is 14.1. The van der Waals surface area contributed by atoms with Crippen LogP contribution in [0.25, 0.3) is 11.0 Å². The maximum Gasteiger partial charge on any atom is 0.270 e. The molecular formula is C28H36F2N6O2. The summed E-state index contributed by atoms with van der Waals surface area (Å²) in [6, 6.07) is 7.39. The number of fused-ring (bicyclic) bond motifs is 1. The highest BCUT2D eigenvalue weighted by Gasteiger charge is 2.29. The molecule has 0 amide bonds. The van der Waals surface area contributed by atoms with Crippen LogP contribution in [-0.4, -0.2) is 72.4 Å². The molecule has 38 heavy (non-hydrogen) atoms. The second-order valence-corrected chi connectivity index (χ2v) is 10.3. The number of ether oxygens (including phenoxy) is 2. The van der Waals surface area contributed by atoms with Gasteiger partial charge in [-0.15, -0.1) is 0 Å². The molecule has 2 aromatic heterocycles. The zero-order valence-electron chi connectivity index (χ0n) is 22.5. The van der Waals surface area contributed by atoms with Crippen molar-refractivity contribution in [2.45, 2.75) is 51.6 Å². The van der Waals surface area contributed by atoms with Gasteiger partial charge in [0.25, 0.3) is 5.92 Å². The fraction of sp³-hybridized carbons (Fsp3) is 0.536. The molecule has 204 valence electrons. The second-order valence-electron chi connectivity index (χ2n) is 10.3. The van der Waals surface area contributed by atoms with Gasteiger partial charge in [0, 0.05) is 57.9 Å². The Kier molecular flexibility index (Phi) is 7.63. The van der Waals surface area contributed by atoms with E-state index in [4.69, 9.17) is 14.5 Å². The Labute approximate surface area is 222 Å². The zero-order chi connectivity index (χ0) is 26.9. The summed E-state index contributed by atoms with van der Waals surface area (Å²) in [6.07, 6.45) is 3.63. The number of hydrogen-bond donors (Lipinski definition) is 1. The number of anilines is 2. The highest BCUT2D eigenvalue weighted by molar-refractivity contribution is 5.90. The predicted octanol–water partition coefficient (Wildman–Crippen LogP) is 4.93. The van der Waals surface area contributed by atoms with Crippen molar-refractivity contribution in [1.29, 1.82) is 0 Å². The predicted molar refractivity (Wildman–Crippen MR) is 144 cm³/mol. The molecule has 0 radical (unpaired) electrons. The van der Waals surface area contributed by atoms with Crippen LogP contribution in [0.4, 0.5) is 20.3 Å². The van der Waals surface area contributed by atoms with Crippen molar-refractivity contribution in [3.8, 4) is 5.88 Å². The minimum absolute atomic E-state index is 0.0322. The molecule has 10 heteroatoms. The summed E-state index contributed by atoms with van der Waals surface area (Å²) in [5, 5.41) is 4.18. The van der Waals surface area contributed by atoms with Gasteiger partial charge in [-0.25, -0.2) is 18.7 Å². The molecule has 0 aliphatic carbocycles. The summed E-state index contributed by atoms with van der Waals surface area (Å²) >= 11 is 0. The van der Waals surface area contributed by atoms with Crippen molar-refractivity contribution in [2.75, 3.05) is 56.7 Å². The monoisotopic (exact) mass is 526 g/mol. The number of aromatic nitrogens is 3. The summed E-state index contributed by atoms with van der Waals surface area (Å²) in [6.45, 7) is 9.96. The molecule has 2 aliphatic heterocycles. The van der Waals surface area contributed by atoms with Crippen LogP contribution in [0.1, 0.15) is 49.4 Å². The molecule has 8 nitrogen and oxygen atoms in total. The minimum atomic E-state index is -2.91. The quantitative estimate of drug-likeness (QED) is 0.465. The number of piperazine rings is 1. The lowest BCUT2D eigenvalue weighted by Crippen LogP contribution is -2.51. The van der Waals surface area contributed by atoms with E-state index < -0.39 is 5.92 Å². The molecule has 0 bridgehead atoms. The first-order valence-electron chi connectivity index (χ1n) is 13.3. The first-order chi connectivity index (χ1) is 18.3. The van der Waals surface area contributed by atoms with Crippen LogP contribution in [0.5, 0.6) is 5.88 Å². The van der Waals surface area contributed by atoms with E-state index in [2.05, 4.69) is 25.1 Å². The molecule has 1 aromatic carbocycles. The Hall–Kier alpha value is -3.11. The highest BCUT2D eigenvalue weighted by atomic mass is 19.3. The van der Waals surface area contributed by atoms with Crippen molar-refractivity contribution >= 4 is 22.5 Å². The van der Waals surface area contributed by atoms with Crippen molar-refractivity contribution in [1.82, 2.24) is 19.9 Å². The molecule has 1 N–H and O–H groups in total. The topological polar surface area (TPSA) is 75.6 Å². The van der Waals surface area contributed by atoms with E-state index in [0.29, 0.717) is 29.0 Å². The molecule has 1 atom stereocenters. The molecule has 0 unspecified atom stereocenters.